The van der Waals surface area contributed by atoms with Crippen LogP contribution >= 0.6 is 11.6 Å². The van der Waals surface area contributed by atoms with Gasteiger partial charge in [0.25, 0.3) is 5.91 Å². The molecule has 0 radical (unpaired) electrons. The molecule has 2 fully saturated rings. The summed E-state index contributed by atoms with van der Waals surface area (Å²) in [6, 6.07) is 8.93. The second-order valence-electron chi connectivity index (χ2n) is 8.23. The van der Waals surface area contributed by atoms with Crippen molar-refractivity contribution in [3.63, 3.8) is 0 Å². The molecule has 0 saturated carbocycles. The van der Waals surface area contributed by atoms with Crippen molar-refractivity contribution in [3.05, 3.63) is 52.8 Å². The highest BCUT2D eigenvalue weighted by atomic mass is 35.5. The summed E-state index contributed by atoms with van der Waals surface area (Å²) < 4.78 is 7.22. The van der Waals surface area contributed by atoms with Gasteiger partial charge < -0.3 is 19.9 Å². The summed E-state index contributed by atoms with van der Waals surface area (Å²) >= 11 is 5.95. The van der Waals surface area contributed by atoms with Crippen molar-refractivity contribution in [1.29, 1.82) is 0 Å². The predicted octanol–water partition coefficient (Wildman–Crippen LogP) is 2.81. The van der Waals surface area contributed by atoms with Crippen LogP contribution < -0.4 is 10.2 Å². The van der Waals surface area contributed by atoms with Gasteiger partial charge in [-0.05, 0) is 31.2 Å². The summed E-state index contributed by atoms with van der Waals surface area (Å²) in [5.74, 6) is 0.657. The predicted molar refractivity (Wildman–Crippen MR) is 125 cm³/mol. The van der Waals surface area contributed by atoms with E-state index < -0.39 is 0 Å². The zero-order valence-corrected chi connectivity index (χ0v) is 19.1. The van der Waals surface area contributed by atoms with Crippen molar-refractivity contribution in [2.45, 2.75) is 19.3 Å². The van der Waals surface area contributed by atoms with E-state index in [1.807, 2.05) is 17.9 Å². The topological polar surface area (TPSA) is 92.1 Å². The average molecular weight is 469 g/mol. The number of nitrogens with one attached hydrogen (secondary N) is 1. The summed E-state index contributed by atoms with van der Waals surface area (Å²) in [6.07, 6.45) is 1.96. The van der Waals surface area contributed by atoms with Gasteiger partial charge in [0.05, 0.1) is 25.1 Å². The second-order valence-corrected chi connectivity index (χ2v) is 8.66. The van der Waals surface area contributed by atoms with Crippen molar-refractivity contribution in [1.82, 2.24) is 19.5 Å². The third kappa shape index (κ3) is 4.26. The van der Waals surface area contributed by atoms with Crippen LogP contribution in [0.5, 0.6) is 0 Å². The second kappa shape index (κ2) is 8.99. The average Bonchev–Trinajstić information content (AvgIpc) is 3.43. The van der Waals surface area contributed by atoms with Crippen LogP contribution in [0.4, 0.5) is 11.5 Å². The lowest BCUT2D eigenvalue weighted by Gasteiger charge is -2.29. The molecule has 2 aromatic heterocycles. The van der Waals surface area contributed by atoms with E-state index in [1.165, 1.54) is 0 Å². The minimum absolute atomic E-state index is 0.0238. The number of fused-ring (bicyclic) bond motifs is 1. The molecule has 9 nitrogen and oxygen atoms in total. The first-order chi connectivity index (χ1) is 16.0. The summed E-state index contributed by atoms with van der Waals surface area (Å²) in [6.45, 7) is 5.96. The first-order valence-electron chi connectivity index (χ1n) is 11.1. The number of anilines is 2. The molecule has 2 amide bonds. The number of halogens is 1. The van der Waals surface area contributed by atoms with E-state index in [2.05, 4.69) is 15.3 Å². The maximum absolute atomic E-state index is 13.1. The van der Waals surface area contributed by atoms with E-state index in [1.54, 1.807) is 35.0 Å². The maximum atomic E-state index is 13.1. The molecule has 2 aliphatic heterocycles. The number of aromatic nitrogens is 3. The van der Waals surface area contributed by atoms with Gasteiger partial charge in [0.1, 0.15) is 11.4 Å². The third-order valence-electron chi connectivity index (χ3n) is 6.17. The van der Waals surface area contributed by atoms with Gasteiger partial charge >= 0.3 is 0 Å². The zero-order valence-electron chi connectivity index (χ0n) is 18.3. The number of carbonyl (C=O) groups excluding carboxylic acids is 2. The minimum Gasteiger partial charge on any atom is -0.378 e. The standard InChI is InChI=1S/C23H25ClN6O3/c1-2-28-14-15(11-21(28)31)19-12-20(29-7-9-33-10-8-29)30-22(27-19)18(13-25-30)23(32)26-17-5-3-16(24)4-6-17/h3-6,12-13,15H,2,7-11,14H2,1H3,(H,26,32)/t15-/m0/s1. The molecule has 3 aromatic rings. The molecule has 2 aliphatic rings. The van der Waals surface area contributed by atoms with Gasteiger partial charge in [-0.1, -0.05) is 11.6 Å². The number of hydrogen-bond acceptors (Lipinski definition) is 6. The van der Waals surface area contributed by atoms with E-state index in [-0.39, 0.29) is 17.7 Å². The van der Waals surface area contributed by atoms with Gasteiger partial charge in [0.2, 0.25) is 5.91 Å². The van der Waals surface area contributed by atoms with Crippen molar-refractivity contribution >= 4 is 40.6 Å². The van der Waals surface area contributed by atoms with Gasteiger partial charge in [-0.3, -0.25) is 9.59 Å². The van der Waals surface area contributed by atoms with Crippen molar-refractivity contribution in [2.24, 2.45) is 0 Å². The number of likely N-dealkylation sites (tertiary alicyclic amines) is 1. The van der Waals surface area contributed by atoms with Gasteiger partial charge in [-0.15, -0.1) is 0 Å². The normalized spacial score (nSPS) is 18.8. The van der Waals surface area contributed by atoms with E-state index in [9.17, 15) is 9.59 Å². The SMILES string of the molecule is CCN1C[C@@H](c2cc(N3CCOCC3)n3ncc(C(=O)Nc4ccc(Cl)cc4)c3n2)CC1=O. The number of amides is 2. The van der Waals surface area contributed by atoms with Crippen LogP contribution in [0.2, 0.25) is 5.02 Å². The molecule has 5 rings (SSSR count). The Kier molecular flexibility index (Phi) is 5.90. The Balaban J connectivity index is 1.54. The van der Waals surface area contributed by atoms with Crippen molar-refractivity contribution in [3.8, 4) is 0 Å². The Morgan fingerprint density at radius 1 is 1.24 bits per heavy atom. The van der Waals surface area contributed by atoms with Crippen LogP contribution in [-0.4, -0.2) is 70.7 Å². The third-order valence-corrected chi connectivity index (χ3v) is 6.42. The summed E-state index contributed by atoms with van der Waals surface area (Å²) in [7, 11) is 0. The van der Waals surface area contributed by atoms with Crippen molar-refractivity contribution < 1.29 is 14.3 Å². The van der Waals surface area contributed by atoms with Gasteiger partial charge in [0, 0.05) is 55.3 Å². The number of nitrogens with zero attached hydrogens (tertiary/aromatic N) is 5. The van der Waals surface area contributed by atoms with Crippen LogP contribution in [0.1, 0.15) is 35.3 Å². The number of morpholine rings is 1. The zero-order chi connectivity index (χ0) is 22.9. The highest BCUT2D eigenvalue weighted by molar-refractivity contribution is 6.30. The molecular formula is C23H25ClN6O3. The highest BCUT2D eigenvalue weighted by Crippen LogP contribution is 2.31. The van der Waals surface area contributed by atoms with Crippen LogP contribution in [0, 0.1) is 0 Å². The minimum atomic E-state index is -0.303. The number of likely N-dealkylation sites (N-methyl/N-ethyl adjacent to an activating group) is 1. The first kappa shape index (κ1) is 21.7. The quantitative estimate of drug-likeness (QED) is 0.619. The van der Waals surface area contributed by atoms with E-state index in [0.717, 1.165) is 24.6 Å². The molecular weight excluding hydrogens is 444 g/mol. The van der Waals surface area contributed by atoms with Crippen LogP contribution in [-0.2, 0) is 9.53 Å². The summed E-state index contributed by atoms with van der Waals surface area (Å²) in [5, 5.41) is 7.98. The van der Waals surface area contributed by atoms with Crippen LogP contribution in [0.15, 0.2) is 36.5 Å². The van der Waals surface area contributed by atoms with E-state index in [4.69, 9.17) is 21.3 Å². The molecule has 0 unspecified atom stereocenters. The number of benzene rings is 1. The van der Waals surface area contributed by atoms with E-state index >= 15 is 0 Å². The Morgan fingerprint density at radius 3 is 2.70 bits per heavy atom. The molecule has 0 aliphatic carbocycles. The largest absolute Gasteiger partial charge is 0.378 e. The molecule has 2 saturated heterocycles. The van der Waals surface area contributed by atoms with E-state index in [0.29, 0.717) is 54.6 Å². The Labute approximate surface area is 196 Å². The fourth-order valence-electron chi connectivity index (χ4n) is 4.36. The molecule has 1 aromatic carbocycles. The molecule has 172 valence electrons. The monoisotopic (exact) mass is 468 g/mol. The smallest absolute Gasteiger partial charge is 0.261 e. The molecule has 10 heteroatoms. The Morgan fingerprint density at radius 2 is 2.00 bits per heavy atom. The number of ether oxygens (including phenoxy) is 1. The maximum Gasteiger partial charge on any atom is 0.261 e. The summed E-state index contributed by atoms with van der Waals surface area (Å²) in [5.41, 5.74) is 2.28. The fraction of sp³-hybridized carbons (Fsp3) is 0.391. The lowest BCUT2D eigenvalue weighted by Crippen LogP contribution is -2.37. The molecule has 1 atom stereocenters. The Bertz CT molecular complexity index is 1190. The lowest BCUT2D eigenvalue weighted by atomic mass is 10.0. The molecule has 1 N–H and O–H groups in total. The van der Waals surface area contributed by atoms with Gasteiger partial charge in [-0.2, -0.15) is 9.61 Å². The van der Waals surface area contributed by atoms with Crippen LogP contribution in [0.3, 0.4) is 0 Å². The molecule has 4 heterocycles. The lowest BCUT2D eigenvalue weighted by molar-refractivity contribution is -0.127. The van der Waals surface area contributed by atoms with Crippen molar-refractivity contribution in [2.75, 3.05) is 49.6 Å². The number of rotatable bonds is 5. The summed E-state index contributed by atoms with van der Waals surface area (Å²) in [4.78, 5) is 34.3. The van der Waals surface area contributed by atoms with Gasteiger partial charge in [-0.25, -0.2) is 4.98 Å². The molecule has 0 bridgehead atoms. The highest BCUT2D eigenvalue weighted by Gasteiger charge is 2.32. The molecule has 33 heavy (non-hydrogen) atoms. The Hall–Kier alpha value is -3.17. The van der Waals surface area contributed by atoms with Crippen LogP contribution in [0.25, 0.3) is 5.65 Å². The number of hydrogen-bond donors (Lipinski definition) is 1. The van der Waals surface area contributed by atoms with Gasteiger partial charge in [0.15, 0.2) is 5.65 Å². The number of carbonyl (C=O) groups is 2. The first-order valence-corrected chi connectivity index (χ1v) is 11.5. The molecule has 0 spiro atoms. The fourth-order valence-corrected chi connectivity index (χ4v) is 4.49.